The SMILES string of the molecule is CNC(CC1OCCO1)C1=CCCCC1. The van der Waals surface area contributed by atoms with Crippen LogP contribution in [0, 0.1) is 0 Å². The summed E-state index contributed by atoms with van der Waals surface area (Å²) in [4.78, 5) is 0. The largest absolute Gasteiger partial charge is 0.350 e. The Hall–Kier alpha value is -0.380. The van der Waals surface area contributed by atoms with Gasteiger partial charge in [0.25, 0.3) is 0 Å². The lowest BCUT2D eigenvalue weighted by molar-refractivity contribution is -0.0504. The van der Waals surface area contributed by atoms with Crippen LogP contribution in [0.2, 0.25) is 0 Å². The highest BCUT2D eigenvalue weighted by molar-refractivity contribution is 5.13. The number of rotatable bonds is 4. The second kappa shape index (κ2) is 5.64. The van der Waals surface area contributed by atoms with Crippen LogP contribution in [-0.4, -0.2) is 32.6 Å². The van der Waals surface area contributed by atoms with Crippen molar-refractivity contribution >= 4 is 0 Å². The molecule has 0 radical (unpaired) electrons. The van der Waals surface area contributed by atoms with Crippen LogP contribution in [-0.2, 0) is 9.47 Å². The molecule has 1 N–H and O–H groups in total. The smallest absolute Gasteiger partial charge is 0.159 e. The van der Waals surface area contributed by atoms with Crippen LogP contribution >= 0.6 is 0 Å². The molecule has 3 nitrogen and oxygen atoms in total. The molecule has 1 saturated heterocycles. The van der Waals surface area contributed by atoms with Crippen molar-refractivity contribution in [2.75, 3.05) is 20.3 Å². The quantitative estimate of drug-likeness (QED) is 0.720. The maximum atomic E-state index is 5.49. The normalized spacial score (nSPS) is 25.3. The number of nitrogens with one attached hydrogen (secondary N) is 1. The van der Waals surface area contributed by atoms with E-state index < -0.39 is 0 Å². The number of allylic oxidation sites excluding steroid dienone is 1. The Morgan fingerprint density at radius 2 is 2.20 bits per heavy atom. The second-order valence-corrected chi connectivity index (χ2v) is 4.27. The van der Waals surface area contributed by atoms with Crippen LogP contribution in [0.25, 0.3) is 0 Å². The number of hydrogen-bond donors (Lipinski definition) is 1. The summed E-state index contributed by atoms with van der Waals surface area (Å²) in [5, 5.41) is 3.37. The lowest BCUT2D eigenvalue weighted by Gasteiger charge is -2.24. The van der Waals surface area contributed by atoms with Gasteiger partial charge < -0.3 is 14.8 Å². The molecule has 2 rings (SSSR count). The zero-order chi connectivity index (χ0) is 10.5. The zero-order valence-corrected chi connectivity index (χ0v) is 9.50. The second-order valence-electron chi connectivity index (χ2n) is 4.27. The monoisotopic (exact) mass is 211 g/mol. The molecule has 1 heterocycles. The summed E-state index contributed by atoms with van der Waals surface area (Å²) in [6, 6.07) is 0.438. The van der Waals surface area contributed by atoms with Gasteiger partial charge in [0, 0.05) is 12.5 Å². The van der Waals surface area contributed by atoms with Crippen LogP contribution in [0.4, 0.5) is 0 Å². The van der Waals surface area contributed by atoms with Crippen LogP contribution in [0.1, 0.15) is 32.1 Å². The lowest BCUT2D eigenvalue weighted by Crippen LogP contribution is -2.32. The van der Waals surface area contributed by atoms with Gasteiger partial charge in [-0.15, -0.1) is 0 Å². The highest BCUT2D eigenvalue weighted by Crippen LogP contribution is 2.24. The predicted octanol–water partition coefficient (Wildman–Crippen LogP) is 1.84. The first-order valence-corrected chi connectivity index (χ1v) is 5.99. The minimum atomic E-state index is 0.00489. The van der Waals surface area contributed by atoms with E-state index in [2.05, 4.69) is 11.4 Å². The van der Waals surface area contributed by atoms with Crippen molar-refractivity contribution in [2.24, 2.45) is 0 Å². The molecule has 0 aromatic rings. The van der Waals surface area contributed by atoms with Crippen LogP contribution in [0.5, 0.6) is 0 Å². The Labute approximate surface area is 91.8 Å². The van der Waals surface area contributed by atoms with Gasteiger partial charge in [0.2, 0.25) is 0 Å². The van der Waals surface area contributed by atoms with Gasteiger partial charge in [-0.05, 0) is 32.7 Å². The van der Waals surface area contributed by atoms with Crippen molar-refractivity contribution in [3.63, 3.8) is 0 Å². The number of likely N-dealkylation sites (N-methyl/N-ethyl adjacent to an activating group) is 1. The molecule has 0 aromatic heterocycles. The zero-order valence-electron chi connectivity index (χ0n) is 9.50. The van der Waals surface area contributed by atoms with Gasteiger partial charge in [-0.2, -0.15) is 0 Å². The molecule has 3 heteroatoms. The molecule has 0 saturated carbocycles. The van der Waals surface area contributed by atoms with Crippen LogP contribution < -0.4 is 5.32 Å². The van der Waals surface area contributed by atoms with E-state index in [1.165, 1.54) is 25.7 Å². The molecule has 86 valence electrons. The fourth-order valence-corrected chi connectivity index (χ4v) is 2.37. The third kappa shape index (κ3) is 3.03. The first-order valence-electron chi connectivity index (χ1n) is 5.99. The van der Waals surface area contributed by atoms with E-state index in [4.69, 9.17) is 9.47 Å². The number of ether oxygens (including phenoxy) is 2. The van der Waals surface area contributed by atoms with E-state index >= 15 is 0 Å². The highest BCUT2D eigenvalue weighted by Gasteiger charge is 2.23. The van der Waals surface area contributed by atoms with Gasteiger partial charge in [-0.25, -0.2) is 0 Å². The van der Waals surface area contributed by atoms with Crippen molar-refractivity contribution in [1.82, 2.24) is 5.32 Å². The fraction of sp³-hybridized carbons (Fsp3) is 0.833. The van der Waals surface area contributed by atoms with E-state index in [0.717, 1.165) is 19.6 Å². The molecule has 0 amide bonds. The molecule has 0 spiro atoms. The first kappa shape index (κ1) is 11.1. The molecule has 15 heavy (non-hydrogen) atoms. The Bertz CT molecular complexity index is 222. The molecule has 0 aromatic carbocycles. The van der Waals surface area contributed by atoms with Gasteiger partial charge in [0.15, 0.2) is 6.29 Å². The number of hydrogen-bond acceptors (Lipinski definition) is 3. The van der Waals surface area contributed by atoms with Gasteiger partial charge in [-0.1, -0.05) is 11.6 Å². The van der Waals surface area contributed by atoms with Crippen molar-refractivity contribution < 1.29 is 9.47 Å². The van der Waals surface area contributed by atoms with E-state index in [1.807, 2.05) is 7.05 Å². The summed E-state index contributed by atoms with van der Waals surface area (Å²) in [7, 11) is 2.02. The molecule has 1 fully saturated rings. The van der Waals surface area contributed by atoms with E-state index in [-0.39, 0.29) is 6.29 Å². The molecular formula is C12H21NO2. The average Bonchev–Trinajstić information content (AvgIpc) is 2.80. The fourth-order valence-electron chi connectivity index (χ4n) is 2.37. The predicted molar refractivity (Wildman–Crippen MR) is 59.7 cm³/mol. The molecule has 1 unspecified atom stereocenters. The molecule has 1 aliphatic heterocycles. The Morgan fingerprint density at radius 3 is 2.80 bits per heavy atom. The standard InChI is InChI=1S/C12H21NO2/c1-13-11(9-12-14-7-8-15-12)10-5-3-2-4-6-10/h5,11-13H,2-4,6-9H2,1H3. The van der Waals surface area contributed by atoms with E-state index in [0.29, 0.717) is 6.04 Å². The van der Waals surface area contributed by atoms with Crippen LogP contribution in [0.15, 0.2) is 11.6 Å². The van der Waals surface area contributed by atoms with Gasteiger partial charge in [0.1, 0.15) is 0 Å². The van der Waals surface area contributed by atoms with E-state index in [9.17, 15) is 0 Å². The lowest BCUT2D eigenvalue weighted by atomic mass is 9.92. The maximum Gasteiger partial charge on any atom is 0.159 e. The maximum absolute atomic E-state index is 5.49. The van der Waals surface area contributed by atoms with Gasteiger partial charge in [0.05, 0.1) is 13.2 Å². The molecule has 2 aliphatic rings. The topological polar surface area (TPSA) is 30.5 Å². The molecule has 0 bridgehead atoms. The minimum Gasteiger partial charge on any atom is -0.350 e. The summed E-state index contributed by atoms with van der Waals surface area (Å²) >= 11 is 0. The highest BCUT2D eigenvalue weighted by atomic mass is 16.7. The van der Waals surface area contributed by atoms with Crippen LogP contribution in [0.3, 0.4) is 0 Å². The van der Waals surface area contributed by atoms with Crippen molar-refractivity contribution in [1.29, 1.82) is 0 Å². The summed E-state index contributed by atoms with van der Waals surface area (Å²) in [6.45, 7) is 1.50. The molecular weight excluding hydrogens is 190 g/mol. The van der Waals surface area contributed by atoms with Gasteiger partial charge >= 0.3 is 0 Å². The molecule has 1 atom stereocenters. The summed E-state index contributed by atoms with van der Waals surface area (Å²) in [6.07, 6.45) is 8.48. The van der Waals surface area contributed by atoms with E-state index in [1.54, 1.807) is 5.57 Å². The Kier molecular flexibility index (Phi) is 4.18. The first-order chi connectivity index (χ1) is 7.40. The summed E-state index contributed by atoms with van der Waals surface area (Å²) < 4.78 is 11.0. The third-order valence-electron chi connectivity index (χ3n) is 3.24. The van der Waals surface area contributed by atoms with Crippen molar-refractivity contribution in [2.45, 2.75) is 44.4 Å². The average molecular weight is 211 g/mol. The minimum absolute atomic E-state index is 0.00489. The Morgan fingerprint density at radius 1 is 1.40 bits per heavy atom. The summed E-state index contributed by atoms with van der Waals surface area (Å²) in [5.74, 6) is 0. The third-order valence-corrected chi connectivity index (χ3v) is 3.24. The van der Waals surface area contributed by atoms with Crippen molar-refractivity contribution in [3.8, 4) is 0 Å². The van der Waals surface area contributed by atoms with Gasteiger partial charge in [-0.3, -0.25) is 0 Å². The summed E-state index contributed by atoms with van der Waals surface area (Å²) in [5.41, 5.74) is 1.54. The van der Waals surface area contributed by atoms with Crippen molar-refractivity contribution in [3.05, 3.63) is 11.6 Å². The molecule has 1 aliphatic carbocycles. The Balaban J connectivity index is 1.87.